The normalized spacial score (nSPS) is 21.0. The number of pyridine rings is 1. The monoisotopic (exact) mass is 365 g/mol. The van der Waals surface area contributed by atoms with E-state index in [2.05, 4.69) is 4.98 Å². The first-order valence-electron chi connectivity index (χ1n) is 10.0. The molecular weight excluding hydrogens is 338 g/mol. The van der Waals surface area contributed by atoms with Gasteiger partial charge in [0.05, 0.1) is 11.4 Å². The predicted molar refractivity (Wildman–Crippen MR) is 105 cm³/mol. The Balaban J connectivity index is 1.46. The third kappa shape index (κ3) is 3.68. The number of rotatable bonds is 4. The second kappa shape index (κ2) is 7.67. The number of hydrogen-bond acceptors (Lipinski definition) is 3. The van der Waals surface area contributed by atoms with Crippen LogP contribution in [0.3, 0.4) is 0 Å². The van der Waals surface area contributed by atoms with Crippen LogP contribution >= 0.6 is 0 Å². The lowest BCUT2D eigenvalue weighted by atomic mass is 9.94. The Hall–Kier alpha value is -2.43. The molecule has 0 bridgehead atoms. The van der Waals surface area contributed by atoms with E-state index in [-0.39, 0.29) is 17.7 Å². The molecule has 2 aromatic rings. The number of likely N-dealkylation sites (tertiary alicyclic amines) is 1. The summed E-state index contributed by atoms with van der Waals surface area (Å²) in [7, 11) is 1.86. The fourth-order valence-corrected chi connectivity index (χ4v) is 4.58. The topological polar surface area (TPSA) is 53.5 Å². The molecule has 1 saturated heterocycles. The number of benzene rings is 1. The SMILES string of the molecule is CN(Cc1cccc2cccnc12)C(=O)C1CCC(=O)N(C2CCCC2)C1. The quantitative estimate of drug-likeness (QED) is 0.835. The Labute approximate surface area is 160 Å². The Morgan fingerprint density at radius 1 is 1.19 bits per heavy atom. The largest absolute Gasteiger partial charge is 0.341 e. The van der Waals surface area contributed by atoms with Crippen molar-refractivity contribution in [3.05, 3.63) is 42.1 Å². The summed E-state index contributed by atoms with van der Waals surface area (Å²) in [4.78, 5) is 33.7. The molecule has 142 valence electrons. The number of piperidine rings is 1. The molecule has 1 aliphatic carbocycles. The molecule has 5 heteroatoms. The molecule has 2 heterocycles. The third-order valence-corrected chi connectivity index (χ3v) is 6.06. The number of fused-ring (bicyclic) bond motifs is 1. The Bertz CT molecular complexity index is 839. The van der Waals surface area contributed by atoms with Gasteiger partial charge >= 0.3 is 0 Å². The molecule has 0 N–H and O–H groups in total. The number of carbonyl (C=O) groups excluding carboxylic acids is 2. The van der Waals surface area contributed by atoms with Crippen molar-refractivity contribution in [3.8, 4) is 0 Å². The van der Waals surface area contributed by atoms with E-state index in [0.29, 0.717) is 32.0 Å². The molecule has 5 nitrogen and oxygen atoms in total. The van der Waals surface area contributed by atoms with E-state index in [9.17, 15) is 9.59 Å². The van der Waals surface area contributed by atoms with E-state index in [1.165, 1.54) is 12.8 Å². The maximum Gasteiger partial charge on any atom is 0.227 e. The van der Waals surface area contributed by atoms with E-state index in [1.807, 2.05) is 42.3 Å². The van der Waals surface area contributed by atoms with Crippen molar-refractivity contribution in [3.63, 3.8) is 0 Å². The lowest BCUT2D eigenvalue weighted by molar-refractivity contribution is -0.144. The molecule has 1 aromatic carbocycles. The zero-order valence-electron chi connectivity index (χ0n) is 15.9. The lowest BCUT2D eigenvalue weighted by Gasteiger charge is -2.37. The molecule has 1 saturated carbocycles. The van der Waals surface area contributed by atoms with E-state index in [0.717, 1.165) is 29.3 Å². The first-order chi connectivity index (χ1) is 13.1. The van der Waals surface area contributed by atoms with Gasteiger partial charge in [-0.25, -0.2) is 0 Å². The third-order valence-electron chi connectivity index (χ3n) is 6.06. The van der Waals surface area contributed by atoms with Crippen LogP contribution in [0.2, 0.25) is 0 Å². The second-order valence-corrected chi connectivity index (χ2v) is 7.91. The van der Waals surface area contributed by atoms with Crippen LogP contribution in [0.4, 0.5) is 0 Å². The highest BCUT2D eigenvalue weighted by molar-refractivity contribution is 5.85. The van der Waals surface area contributed by atoms with Gasteiger partial charge in [0.1, 0.15) is 0 Å². The van der Waals surface area contributed by atoms with E-state index in [1.54, 1.807) is 11.1 Å². The van der Waals surface area contributed by atoms with Crippen LogP contribution in [0.1, 0.15) is 44.1 Å². The highest BCUT2D eigenvalue weighted by atomic mass is 16.2. The summed E-state index contributed by atoms with van der Waals surface area (Å²) in [6, 6.07) is 10.4. The van der Waals surface area contributed by atoms with Crippen molar-refractivity contribution in [2.75, 3.05) is 13.6 Å². The summed E-state index contributed by atoms with van der Waals surface area (Å²) >= 11 is 0. The predicted octanol–water partition coefficient (Wildman–Crippen LogP) is 3.37. The molecule has 27 heavy (non-hydrogen) atoms. The van der Waals surface area contributed by atoms with Crippen molar-refractivity contribution in [2.24, 2.45) is 5.92 Å². The molecular formula is C22H27N3O2. The minimum absolute atomic E-state index is 0.0868. The molecule has 1 aliphatic heterocycles. The van der Waals surface area contributed by atoms with Crippen LogP contribution < -0.4 is 0 Å². The minimum atomic E-state index is -0.0868. The summed E-state index contributed by atoms with van der Waals surface area (Å²) in [5.41, 5.74) is 2.01. The maximum atomic E-state index is 13.1. The minimum Gasteiger partial charge on any atom is -0.341 e. The number of hydrogen-bond donors (Lipinski definition) is 0. The maximum absolute atomic E-state index is 13.1. The van der Waals surface area contributed by atoms with Crippen LogP contribution in [0.15, 0.2) is 36.5 Å². The number of para-hydroxylation sites is 1. The van der Waals surface area contributed by atoms with Crippen molar-refractivity contribution in [1.29, 1.82) is 0 Å². The van der Waals surface area contributed by atoms with Gasteiger partial charge in [-0.2, -0.15) is 0 Å². The van der Waals surface area contributed by atoms with Gasteiger partial charge in [-0.3, -0.25) is 14.6 Å². The first-order valence-corrected chi connectivity index (χ1v) is 10.0. The number of nitrogens with zero attached hydrogens (tertiary/aromatic N) is 3. The van der Waals surface area contributed by atoms with E-state index in [4.69, 9.17) is 0 Å². The zero-order chi connectivity index (χ0) is 18.8. The second-order valence-electron chi connectivity index (χ2n) is 7.91. The molecule has 0 spiro atoms. The van der Waals surface area contributed by atoms with Gasteiger partial charge in [0.25, 0.3) is 0 Å². The molecule has 2 amide bonds. The fraction of sp³-hybridized carbons (Fsp3) is 0.500. The molecule has 1 atom stereocenters. The Morgan fingerprint density at radius 2 is 1.96 bits per heavy atom. The molecule has 1 unspecified atom stereocenters. The summed E-state index contributed by atoms with van der Waals surface area (Å²) < 4.78 is 0. The summed E-state index contributed by atoms with van der Waals surface area (Å²) in [5.74, 6) is 0.279. The summed E-state index contributed by atoms with van der Waals surface area (Å²) in [6.45, 7) is 1.13. The van der Waals surface area contributed by atoms with Gasteiger partial charge in [-0.1, -0.05) is 37.1 Å². The van der Waals surface area contributed by atoms with Gasteiger partial charge in [-0.05, 0) is 30.9 Å². The van der Waals surface area contributed by atoms with Crippen molar-refractivity contribution >= 4 is 22.7 Å². The zero-order valence-corrected chi connectivity index (χ0v) is 15.9. The van der Waals surface area contributed by atoms with Crippen molar-refractivity contribution in [1.82, 2.24) is 14.8 Å². The highest BCUT2D eigenvalue weighted by Gasteiger charge is 2.36. The van der Waals surface area contributed by atoms with Crippen LogP contribution in [0, 0.1) is 5.92 Å². The lowest BCUT2D eigenvalue weighted by Crippen LogP contribution is -2.49. The van der Waals surface area contributed by atoms with Gasteiger partial charge in [0.2, 0.25) is 11.8 Å². The van der Waals surface area contributed by atoms with Crippen molar-refractivity contribution in [2.45, 2.75) is 51.1 Å². The van der Waals surface area contributed by atoms with E-state index < -0.39 is 0 Å². The standard InChI is InChI=1S/C22H27N3O2/c1-24(14-17-7-4-6-16-8-5-13-23-21(16)17)22(27)18-11-12-20(26)25(15-18)19-9-2-3-10-19/h4-8,13,18-19H,2-3,9-12,14-15H2,1H3. The average Bonchev–Trinajstić information content (AvgIpc) is 3.22. The fourth-order valence-electron chi connectivity index (χ4n) is 4.58. The Kier molecular flexibility index (Phi) is 5.10. The molecule has 0 radical (unpaired) electrons. The number of amides is 2. The number of carbonyl (C=O) groups is 2. The van der Waals surface area contributed by atoms with Crippen LogP contribution in [0.25, 0.3) is 10.9 Å². The van der Waals surface area contributed by atoms with Gasteiger partial charge in [-0.15, -0.1) is 0 Å². The van der Waals surface area contributed by atoms with Gasteiger partial charge < -0.3 is 9.80 Å². The van der Waals surface area contributed by atoms with Crippen LogP contribution in [-0.4, -0.2) is 46.2 Å². The first kappa shape index (κ1) is 18.0. The average molecular weight is 365 g/mol. The van der Waals surface area contributed by atoms with Crippen LogP contribution in [0.5, 0.6) is 0 Å². The summed E-state index contributed by atoms with van der Waals surface area (Å²) in [6.07, 6.45) is 7.52. The molecule has 4 rings (SSSR count). The smallest absolute Gasteiger partial charge is 0.227 e. The molecule has 2 aliphatic rings. The van der Waals surface area contributed by atoms with E-state index >= 15 is 0 Å². The van der Waals surface area contributed by atoms with Gasteiger partial charge in [0.15, 0.2) is 0 Å². The highest BCUT2D eigenvalue weighted by Crippen LogP contribution is 2.29. The molecule has 2 fully saturated rings. The summed E-state index contributed by atoms with van der Waals surface area (Å²) in [5, 5.41) is 1.09. The molecule has 1 aromatic heterocycles. The van der Waals surface area contributed by atoms with Crippen molar-refractivity contribution < 1.29 is 9.59 Å². The Morgan fingerprint density at radius 3 is 2.78 bits per heavy atom. The number of aromatic nitrogens is 1. The van der Waals surface area contributed by atoms with Gasteiger partial charge in [0, 0.05) is 44.2 Å². The van der Waals surface area contributed by atoms with Crippen LogP contribution in [-0.2, 0) is 16.1 Å².